The van der Waals surface area contributed by atoms with Crippen molar-refractivity contribution in [2.75, 3.05) is 6.61 Å². The van der Waals surface area contributed by atoms with E-state index in [4.69, 9.17) is 10.5 Å². The molecule has 1 aliphatic rings. The van der Waals surface area contributed by atoms with Gasteiger partial charge >= 0.3 is 0 Å². The largest absolute Gasteiger partial charge is 0.376 e. The third-order valence-corrected chi connectivity index (χ3v) is 3.09. The zero-order valence-electron chi connectivity index (χ0n) is 10.1. The molecule has 1 saturated carbocycles. The zero-order chi connectivity index (χ0) is 12.4. The van der Waals surface area contributed by atoms with Crippen molar-refractivity contribution in [3.63, 3.8) is 0 Å². The molecule has 1 aromatic rings. The summed E-state index contributed by atoms with van der Waals surface area (Å²) in [5, 5.41) is 2.89. The first kappa shape index (κ1) is 12.1. The molecule has 94 valence electrons. The molecule has 3 N–H and O–H groups in total. The summed E-state index contributed by atoms with van der Waals surface area (Å²) in [6.45, 7) is 2.57. The van der Waals surface area contributed by atoms with E-state index >= 15 is 0 Å². The predicted octanol–water partition coefficient (Wildman–Crippen LogP) is -0.345. The molecule has 1 fully saturated rings. The van der Waals surface area contributed by atoms with Crippen LogP contribution in [0.25, 0.3) is 0 Å². The van der Waals surface area contributed by atoms with E-state index in [1.807, 2.05) is 6.92 Å². The van der Waals surface area contributed by atoms with Crippen LogP contribution in [0.4, 0.5) is 0 Å². The summed E-state index contributed by atoms with van der Waals surface area (Å²) in [4.78, 5) is 15.9. The maximum atomic E-state index is 11.9. The number of nitrogens with zero attached hydrogens (tertiary/aromatic N) is 2. The van der Waals surface area contributed by atoms with Gasteiger partial charge in [-0.15, -0.1) is 0 Å². The number of rotatable bonds is 4. The summed E-state index contributed by atoms with van der Waals surface area (Å²) in [5.74, 6) is -0.158. The first-order valence-electron chi connectivity index (χ1n) is 5.77. The second-order valence-electron chi connectivity index (χ2n) is 4.28. The summed E-state index contributed by atoms with van der Waals surface area (Å²) in [6.07, 6.45) is 3.96. The second kappa shape index (κ2) is 4.85. The number of amides is 1. The van der Waals surface area contributed by atoms with Gasteiger partial charge in [-0.3, -0.25) is 4.79 Å². The third kappa shape index (κ3) is 2.32. The van der Waals surface area contributed by atoms with Crippen molar-refractivity contribution in [3.8, 4) is 0 Å². The van der Waals surface area contributed by atoms with E-state index in [2.05, 4.69) is 10.3 Å². The molecule has 3 atom stereocenters. The number of imidazole rings is 1. The number of carbonyl (C=O) groups excluding carboxylic acids is 1. The lowest BCUT2D eigenvalue weighted by molar-refractivity contribution is -0.0301. The van der Waals surface area contributed by atoms with Crippen LogP contribution in [0.1, 0.15) is 23.8 Å². The summed E-state index contributed by atoms with van der Waals surface area (Å²) in [5.41, 5.74) is 6.39. The Balaban J connectivity index is 1.97. The van der Waals surface area contributed by atoms with Crippen molar-refractivity contribution in [1.29, 1.82) is 0 Å². The van der Waals surface area contributed by atoms with Gasteiger partial charge in [0.1, 0.15) is 5.69 Å². The van der Waals surface area contributed by atoms with E-state index in [1.165, 1.54) is 6.20 Å². The normalized spacial score (nSPS) is 27.6. The number of nitrogens with two attached hydrogens (primary N) is 1. The van der Waals surface area contributed by atoms with Crippen LogP contribution in [0, 0.1) is 0 Å². The van der Waals surface area contributed by atoms with Gasteiger partial charge in [-0.1, -0.05) is 0 Å². The molecule has 0 saturated heterocycles. The molecule has 1 heterocycles. The Morgan fingerprint density at radius 1 is 1.76 bits per heavy atom. The number of carbonyl (C=O) groups is 1. The highest BCUT2D eigenvalue weighted by atomic mass is 16.5. The molecule has 3 unspecified atom stereocenters. The summed E-state index contributed by atoms with van der Waals surface area (Å²) in [7, 11) is 1.78. The minimum Gasteiger partial charge on any atom is -0.376 e. The molecule has 0 radical (unpaired) electrons. The fraction of sp³-hybridized carbons (Fsp3) is 0.636. The van der Waals surface area contributed by atoms with Gasteiger partial charge in [0.05, 0.1) is 24.7 Å². The van der Waals surface area contributed by atoms with Crippen molar-refractivity contribution in [3.05, 3.63) is 18.2 Å². The fourth-order valence-corrected chi connectivity index (χ4v) is 2.03. The van der Waals surface area contributed by atoms with E-state index < -0.39 is 0 Å². The molecule has 0 aromatic carbocycles. The molecule has 0 bridgehead atoms. The highest BCUT2D eigenvalue weighted by molar-refractivity contribution is 5.92. The topological polar surface area (TPSA) is 82.2 Å². The number of hydrogen-bond acceptors (Lipinski definition) is 4. The maximum Gasteiger partial charge on any atom is 0.269 e. The van der Waals surface area contributed by atoms with E-state index in [0.717, 1.165) is 6.42 Å². The Morgan fingerprint density at radius 3 is 3.06 bits per heavy atom. The Hall–Kier alpha value is -1.40. The lowest BCUT2D eigenvalue weighted by Crippen LogP contribution is -2.64. The van der Waals surface area contributed by atoms with Crippen LogP contribution >= 0.6 is 0 Å². The summed E-state index contributed by atoms with van der Waals surface area (Å²) in [6, 6.07) is -0.124. The molecule has 1 aromatic heterocycles. The van der Waals surface area contributed by atoms with Gasteiger partial charge < -0.3 is 20.4 Å². The van der Waals surface area contributed by atoms with Crippen LogP contribution in [-0.2, 0) is 11.8 Å². The Bertz CT molecular complexity index is 402. The Labute approximate surface area is 100 Å². The molecule has 17 heavy (non-hydrogen) atoms. The van der Waals surface area contributed by atoms with E-state index in [-0.39, 0.29) is 24.1 Å². The molecular formula is C11H18N4O2. The minimum absolute atomic E-state index is 0.0243. The fourth-order valence-electron chi connectivity index (χ4n) is 2.03. The Kier molecular flexibility index (Phi) is 3.44. The highest BCUT2D eigenvalue weighted by Gasteiger charge is 2.40. The number of aryl methyl sites for hydroxylation is 1. The number of nitrogens with one attached hydrogen (secondary N) is 1. The molecule has 1 amide bonds. The van der Waals surface area contributed by atoms with Gasteiger partial charge in [-0.05, 0) is 13.3 Å². The minimum atomic E-state index is -0.158. The van der Waals surface area contributed by atoms with Gasteiger partial charge in [0.15, 0.2) is 0 Å². The second-order valence-corrected chi connectivity index (χ2v) is 4.28. The number of ether oxygens (including phenoxy) is 1. The smallest absolute Gasteiger partial charge is 0.269 e. The molecule has 6 nitrogen and oxygen atoms in total. The van der Waals surface area contributed by atoms with Crippen molar-refractivity contribution < 1.29 is 9.53 Å². The van der Waals surface area contributed by atoms with Gasteiger partial charge in [0.2, 0.25) is 0 Å². The van der Waals surface area contributed by atoms with Crippen LogP contribution < -0.4 is 11.1 Å². The molecule has 0 aliphatic heterocycles. The van der Waals surface area contributed by atoms with Crippen molar-refractivity contribution >= 4 is 5.91 Å². The third-order valence-electron chi connectivity index (χ3n) is 3.09. The van der Waals surface area contributed by atoms with Crippen molar-refractivity contribution in [1.82, 2.24) is 14.9 Å². The van der Waals surface area contributed by atoms with E-state index in [1.54, 1.807) is 17.9 Å². The maximum absolute atomic E-state index is 11.9. The number of aromatic nitrogens is 2. The lowest BCUT2D eigenvalue weighted by Gasteiger charge is -2.42. The Morgan fingerprint density at radius 2 is 2.53 bits per heavy atom. The quantitative estimate of drug-likeness (QED) is 0.751. The first-order valence-corrected chi connectivity index (χ1v) is 5.77. The number of hydrogen-bond donors (Lipinski definition) is 2. The van der Waals surface area contributed by atoms with Crippen LogP contribution in [0.5, 0.6) is 0 Å². The molecule has 2 rings (SSSR count). The first-order chi connectivity index (χ1) is 8.13. The van der Waals surface area contributed by atoms with Crippen LogP contribution in [0.3, 0.4) is 0 Å². The van der Waals surface area contributed by atoms with Gasteiger partial charge in [-0.25, -0.2) is 4.98 Å². The van der Waals surface area contributed by atoms with Crippen LogP contribution in [0.15, 0.2) is 12.5 Å². The van der Waals surface area contributed by atoms with E-state index in [0.29, 0.717) is 12.3 Å². The van der Waals surface area contributed by atoms with Gasteiger partial charge in [0, 0.05) is 19.7 Å². The van der Waals surface area contributed by atoms with Gasteiger partial charge in [-0.2, -0.15) is 0 Å². The molecule has 0 spiro atoms. The van der Waals surface area contributed by atoms with Crippen LogP contribution in [0.2, 0.25) is 0 Å². The molecule has 6 heteroatoms. The average molecular weight is 238 g/mol. The predicted molar refractivity (Wildman–Crippen MR) is 62.5 cm³/mol. The van der Waals surface area contributed by atoms with Gasteiger partial charge in [0.25, 0.3) is 5.91 Å². The SMILES string of the molecule is CCOC1CC(N)C1NC(=O)c1cncn1C. The lowest BCUT2D eigenvalue weighted by atomic mass is 9.83. The molecule has 1 aliphatic carbocycles. The summed E-state index contributed by atoms with van der Waals surface area (Å²) < 4.78 is 7.17. The standard InChI is InChI=1S/C11H18N4O2/c1-3-17-9-4-7(12)10(9)14-11(16)8-5-13-6-15(8)2/h5-7,9-10H,3-4,12H2,1-2H3,(H,14,16). The van der Waals surface area contributed by atoms with Crippen molar-refractivity contribution in [2.45, 2.75) is 31.5 Å². The molecular weight excluding hydrogens is 220 g/mol. The monoisotopic (exact) mass is 238 g/mol. The highest BCUT2D eigenvalue weighted by Crippen LogP contribution is 2.22. The average Bonchev–Trinajstić information content (AvgIpc) is 2.72. The zero-order valence-corrected chi connectivity index (χ0v) is 10.1. The van der Waals surface area contributed by atoms with E-state index in [9.17, 15) is 4.79 Å². The van der Waals surface area contributed by atoms with Crippen LogP contribution in [-0.4, -0.2) is 40.3 Å². The summed E-state index contributed by atoms with van der Waals surface area (Å²) >= 11 is 0. The van der Waals surface area contributed by atoms with Crippen molar-refractivity contribution in [2.24, 2.45) is 12.8 Å².